The molecule has 1 heterocycles. The van der Waals surface area contributed by atoms with Gasteiger partial charge in [0, 0.05) is 18.2 Å². The molecular weight excluding hydrogens is 361 g/mol. The minimum Gasteiger partial charge on any atom is -0.455 e. The summed E-state index contributed by atoms with van der Waals surface area (Å²) < 4.78 is 19.3. The van der Waals surface area contributed by atoms with Crippen LogP contribution in [0.15, 0.2) is 36.5 Å². The maximum atomic E-state index is 14.1. The van der Waals surface area contributed by atoms with Crippen molar-refractivity contribution in [1.82, 2.24) is 9.97 Å². The first-order valence-corrected chi connectivity index (χ1v) is 9.10. The molecule has 0 aliphatic carbocycles. The molecule has 0 aliphatic rings. The molecule has 28 heavy (non-hydrogen) atoms. The van der Waals surface area contributed by atoms with Crippen LogP contribution in [0.5, 0.6) is 0 Å². The second-order valence-electron chi connectivity index (χ2n) is 7.28. The summed E-state index contributed by atoms with van der Waals surface area (Å²) in [5.74, 6) is -1.48. The number of para-hydroxylation sites is 1. The lowest BCUT2D eigenvalue weighted by atomic mass is 10.00. The molecule has 1 atom stereocenters. The molecule has 2 rings (SSSR count). The predicted octanol–water partition coefficient (Wildman–Crippen LogP) is 4.16. The monoisotopic (exact) mass is 387 g/mol. The predicted molar refractivity (Wildman–Crippen MR) is 108 cm³/mol. The average Bonchev–Trinajstić information content (AvgIpc) is 2.64. The van der Waals surface area contributed by atoms with Gasteiger partial charge in [-0.1, -0.05) is 25.1 Å². The molecule has 0 amide bonds. The summed E-state index contributed by atoms with van der Waals surface area (Å²) in [6.45, 7) is 7.26. The smallest absolute Gasteiger partial charge is 0.352 e. The number of esters is 1. The van der Waals surface area contributed by atoms with Crippen molar-refractivity contribution in [2.75, 3.05) is 17.2 Å². The number of nitrogens with one attached hydrogen (secondary N) is 3. The maximum absolute atomic E-state index is 14.1. The number of carbonyl (C=O) groups is 1. The van der Waals surface area contributed by atoms with Crippen molar-refractivity contribution in [3.05, 3.63) is 42.3 Å². The molecule has 7 nitrogen and oxygen atoms in total. The van der Waals surface area contributed by atoms with Gasteiger partial charge < -0.3 is 15.4 Å². The van der Waals surface area contributed by atoms with Crippen LogP contribution < -0.4 is 10.6 Å². The van der Waals surface area contributed by atoms with E-state index in [1.54, 1.807) is 20.8 Å². The van der Waals surface area contributed by atoms with Crippen molar-refractivity contribution < 1.29 is 13.9 Å². The number of rotatable bonds is 8. The zero-order valence-corrected chi connectivity index (χ0v) is 16.5. The molecule has 0 spiro atoms. The molecule has 1 unspecified atom stereocenters. The van der Waals surface area contributed by atoms with Gasteiger partial charge in [0.15, 0.2) is 11.6 Å². The van der Waals surface area contributed by atoms with Crippen molar-refractivity contribution in [3.8, 4) is 0 Å². The van der Waals surface area contributed by atoms with E-state index in [1.165, 1.54) is 0 Å². The van der Waals surface area contributed by atoms with Gasteiger partial charge in [-0.2, -0.15) is 4.98 Å². The van der Waals surface area contributed by atoms with Crippen molar-refractivity contribution in [2.24, 2.45) is 5.92 Å². The van der Waals surface area contributed by atoms with Crippen molar-refractivity contribution >= 4 is 29.1 Å². The molecule has 0 bridgehead atoms. The molecule has 0 saturated carbocycles. The van der Waals surface area contributed by atoms with Crippen LogP contribution in [-0.2, 0) is 9.53 Å². The minimum absolute atomic E-state index is 0.00358. The summed E-state index contributed by atoms with van der Waals surface area (Å²) >= 11 is 0. The molecule has 2 aromatic rings. The Morgan fingerprint density at radius 3 is 2.57 bits per heavy atom. The number of hydrogen-bond acceptors (Lipinski definition) is 7. The molecule has 8 heteroatoms. The lowest BCUT2D eigenvalue weighted by Gasteiger charge is -2.22. The second-order valence-corrected chi connectivity index (χ2v) is 7.28. The molecule has 150 valence electrons. The Bertz CT molecular complexity index is 821. The van der Waals surface area contributed by atoms with Crippen LogP contribution in [0.1, 0.15) is 34.1 Å². The third kappa shape index (κ3) is 6.29. The van der Waals surface area contributed by atoms with Crippen molar-refractivity contribution in [2.45, 2.75) is 39.7 Å². The van der Waals surface area contributed by atoms with Gasteiger partial charge in [-0.05, 0) is 39.3 Å². The molecule has 0 fully saturated rings. The minimum atomic E-state index is -0.675. The third-order valence-corrected chi connectivity index (χ3v) is 3.81. The number of halogens is 1. The Morgan fingerprint density at radius 1 is 1.29 bits per heavy atom. The van der Waals surface area contributed by atoms with E-state index in [9.17, 15) is 9.18 Å². The lowest BCUT2D eigenvalue weighted by Crippen LogP contribution is -2.34. The molecule has 0 aliphatic heterocycles. The molecule has 1 aromatic heterocycles. The number of benzene rings is 1. The van der Waals surface area contributed by atoms with Gasteiger partial charge in [0.05, 0.1) is 6.20 Å². The first-order valence-electron chi connectivity index (χ1n) is 9.10. The van der Waals surface area contributed by atoms with Gasteiger partial charge in [0.1, 0.15) is 11.3 Å². The van der Waals surface area contributed by atoms with Gasteiger partial charge in [-0.15, -0.1) is 0 Å². The van der Waals surface area contributed by atoms with Crippen LogP contribution in [-0.4, -0.2) is 33.8 Å². The Morgan fingerprint density at radius 2 is 1.96 bits per heavy atom. The zero-order chi connectivity index (χ0) is 20.7. The summed E-state index contributed by atoms with van der Waals surface area (Å²) in [6.07, 6.45) is 1.59. The van der Waals surface area contributed by atoms with E-state index in [0.29, 0.717) is 6.42 Å². The first-order chi connectivity index (χ1) is 13.2. The highest BCUT2D eigenvalue weighted by atomic mass is 19.1. The number of aromatic nitrogens is 2. The third-order valence-electron chi connectivity index (χ3n) is 3.81. The fraction of sp³-hybridized carbons (Fsp3) is 0.400. The normalized spacial score (nSPS) is 12.2. The van der Waals surface area contributed by atoms with Crippen molar-refractivity contribution in [1.29, 1.82) is 5.41 Å². The van der Waals surface area contributed by atoms with Crippen LogP contribution in [0.25, 0.3) is 0 Å². The van der Waals surface area contributed by atoms with Gasteiger partial charge in [-0.3, -0.25) is 5.41 Å². The Balaban J connectivity index is 2.04. The van der Waals surface area contributed by atoms with Crippen LogP contribution in [0, 0.1) is 17.1 Å². The largest absolute Gasteiger partial charge is 0.455 e. The highest BCUT2D eigenvalue weighted by molar-refractivity contribution is 6.36. The van der Waals surface area contributed by atoms with E-state index < -0.39 is 23.3 Å². The molecular formula is C20H26FN5O2. The molecule has 0 radical (unpaired) electrons. The standard InChI is InChI=1S/C20H26FN5O2/c1-5-13(16(22)18(27)28-20(2,3)4)11-23-17-15(21)12-24-19(26-17)25-14-9-7-6-8-10-14/h6-10,12-13,22H,5,11H2,1-4H3,(H2,23,24,25,26). The number of ether oxygens (including phenoxy) is 1. The number of nitrogens with zero attached hydrogens (tertiary/aromatic N) is 2. The topological polar surface area (TPSA) is 100.0 Å². The Kier molecular flexibility index (Phi) is 7.03. The molecule has 3 N–H and O–H groups in total. The maximum Gasteiger partial charge on any atom is 0.352 e. The Hall–Kier alpha value is -3.03. The molecule has 0 saturated heterocycles. The quantitative estimate of drug-likeness (QED) is 0.465. The fourth-order valence-electron chi connectivity index (χ4n) is 2.37. The second kappa shape index (κ2) is 9.25. The zero-order valence-electron chi connectivity index (χ0n) is 16.5. The van der Waals surface area contributed by atoms with Crippen LogP contribution in [0.3, 0.4) is 0 Å². The van der Waals surface area contributed by atoms with E-state index >= 15 is 0 Å². The fourth-order valence-corrected chi connectivity index (χ4v) is 2.37. The SMILES string of the molecule is CCC(CNc1nc(Nc2ccccc2)ncc1F)C(=N)C(=O)OC(C)(C)C. The van der Waals surface area contributed by atoms with Crippen molar-refractivity contribution in [3.63, 3.8) is 0 Å². The summed E-state index contributed by atoms with van der Waals surface area (Å²) in [7, 11) is 0. The van der Waals surface area contributed by atoms with Gasteiger partial charge in [0.25, 0.3) is 0 Å². The van der Waals surface area contributed by atoms with E-state index in [2.05, 4.69) is 20.6 Å². The van der Waals surface area contributed by atoms with Crippen LogP contribution in [0.4, 0.5) is 21.8 Å². The van der Waals surface area contributed by atoms with Gasteiger partial charge in [-0.25, -0.2) is 14.2 Å². The van der Waals surface area contributed by atoms with Crippen LogP contribution in [0.2, 0.25) is 0 Å². The van der Waals surface area contributed by atoms with Crippen LogP contribution >= 0.6 is 0 Å². The average molecular weight is 387 g/mol. The number of anilines is 3. The molecule has 1 aromatic carbocycles. The highest BCUT2D eigenvalue weighted by Crippen LogP contribution is 2.18. The summed E-state index contributed by atoms with van der Waals surface area (Å²) in [5, 5.41) is 14.0. The van der Waals surface area contributed by atoms with Gasteiger partial charge in [0.2, 0.25) is 5.95 Å². The van der Waals surface area contributed by atoms with E-state index in [4.69, 9.17) is 10.1 Å². The van der Waals surface area contributed by atoms with Gasteiger partial charge >= 0.3 is 5.97 Å². The summed E-state index contributed by atoms with van der Waals surface area (Å²) in [5.41, 5.74) is -0.0495. The summed E-state index contributed by atoms with van der Waals surface area (Å²) in [6, 6.07) is 9.29. The number of carbonyl (C=O) groups excluding carboxylic acids is 1. The Labute approximate surface area is 164 Å². The highest BCUT2D eigenvalue weighted by Gasteiger charge is 2.25. The first kappa shape index (κ1) is 21.3. The van der Waals surface area contributed by atoms with E-state index in [1.807, 2.05) is 37.3 Å². The van der Waals surface area contributed by atoms with E-state index in [0.717, 1.165) is 11.9 Å². The number of hydrogen-bond donors (Lipinski definition) is 3. The lowest BCUT2D eigenvalue weighted by molar-refractivity contribution is -0.146. The summed E-state index contributed by atoms with van der Waals surface area (Å²) in [4.78, 5) is 20.2. The van der Waals surface area contributed by atoms with E-state index in [-0.39, 0.29) is 24.0 Å².